The van der Waals surface area contributed by atoms with E-state index in [-0.39, 0.29) is 50.2 Å². The van der Waals surface area contributed by atoms with Gasteiger partial charge in [0, 0.05) is 82.6 Å². The van der Waals surface area contributed by atoms with Crippen LogP contribution in [0.4, 0.5) is 28.3 Å². The first-order chi connectivity index (χ1) is 39.9. The Morgan fingerprint density at radius 1 is 0.573 bits per heavy atom. The van der Waals surface area contributed by atoms with Crippen LogP contribution in [-0.4, -0.2) is 198 Å². The highest BCUT2D eigenvalue weighted by atomic mass is 16.3. The minimum absolute atomic E-state index is 0.00157. The van der Waals surface area contributed by atoms with Gasteiger partial charge in [0.1, 0.15) is 47.9 Å². The van der Waals surface area contributed by atoms with Crippen LogP contribution in [0.5, 0.6) is 0 Å². The third-order valence-electron chi connectivity index (χ3n) is 16.5. The Labute approximate surface area is 469 Å². The van der Waals surface area contributed by atoms with Crippen LogP contribution in [-0.2, 0) is 39.1 Å². The average Bonchev–Trinajstić information content (AvgIpc) is 4.52. The second-order valence-corrected chi connectivity index (χ2v) is 21.7. The van der Waals surface area contributed by atoms with Crippen molar-refractivity contribution in [3.63, 3.8) is 0 Å². The van der Waals surface area contributed by atoms with Gasteiger partial charge in [-0.2, -0.15) is 49.9 Å². The number of likely N-dealkylation sites (tertiary alicyclic amines) is 1. The van der Waals surface area contributed by atoms with Gasteiger partial charge in [-0.1, -0.05) is 0 Å². The van der Waals surface area contributed by atoms with E-state index in [1.165, 1.54) is 22.0 Å². The summed E-state index contributed by atoms with van der Waals surface area (Å²) in [5.74, 6) is 1.68. The molecular weight excluding hydrogens is 1060 g/mol. The van der Waals surface area contributed by atoms with Gasteiger partial charge in [-0.15, -0.1) is 0 Å². The number of imidazole rings is 4. The highest BCUT2D eigenvalue weighted by molar-refractivity contribution is 5.86. The lowest BCUT2D eigenvalue weighted by molar-refractivity contribution is 0.00491. The van der Waals surface area contributed by atoms with Crippen LogP contribution in [0, 0.1) is 0 Å². The summed E-state index contributed by atoms with van der Waals surface area (Å²) in [7, 11) is 0. The van der Waals surface area contributed by atoms with Gasteiger partial charge >= 0.3 is 6.03 Å². The summed E-state index contributed by atoms with van der Waals surface area (Å²) in [5, 5.41) is 98.7. The van der Waals surface area contributed by atoms with Gasteiger partial charge in [0.15, 0.2) is 34.0 Å². The van der Waals surface area contributed by atoms with Crippen LogP contribution >= 0.6 is 0 Å². The number of rotatable bonds is 21. The third-order valence-corrected chi connectivity index (χ3v) is 16.5. The van der Waals surface area contributed by atoms with Crippen molar-refractivity contribution in [2.45, 2.75) is 165 Å². The second-order valence-electron chi connectivity index (χ2n) is 21.7. The molecule has 0 bridgehead atoms. The number of aromatic nitrogens is 18. The lowest BCUT2D eigenvalue weighted by Crippen LogP contribution is -2.46. The van der Waals surface area contributed by atoms with Gasteiger partial charge < -0.3 is 80.4 Å². The van der Waals surface area contributed by atoms with Crippen LogP contribution in [0.2, 0.25) is 0 Å². The Balaban J connectivity index is 0.699. The number of amides is 2. The Morgan fingerprint density at radius 2 is 1.05 bits per heavy atom. The summed E-state index contributed by atoms with van der Waals surface area (Å²) < 4.78 is 7.56. The molecule has 4 aliphatic rings. The van der Waals surface area contributed by atoms with Crippen molar-refractivity contribution in [2.75, 3.05) is 47.4 Å². The van der Waals surface area contributed by atoms with Crippen LogP contribution in [0.15, 0.2) is 50.1 Å². The number of aliphatic hydroxyl groups is 6. The second kappa shape index (κ2) is 23.5. The van der Waals surface area contributed by atoms with E-state index in [9.17, 15) is 35.4 Å². The van der Waals surface area contributed by atoms with Gasteiger partial charge in [-0.3, -0.25) is 0 Å². The average molecular weight is 1130 g/mol. The molecule has 1 saturated heterocycles. The smallest absolute Gasteiger partial charge is 0.317 e. The molecule has 9 atom stereocenters. The van der Waals surface area contributed by atoms with E-state index in [0.29, 0.717) is 103 Å². The number of aliphatic hydroxyl groups excluding tert-OH is 6. The first kappa shape index (κ1) is 54.6. The number of hydrogen-bond donors (Lipinski definition) is 11. The van der Waals surface area contributed by atoms with E-state index in [1.54, 1.807) is 28.1 Å². The molecule has 11 N–H and O–H groups in total. The first-order valence-corrected chi connectivity index (χ1v) is 28.3. The molecule has 12 rings (SSSR count). The number of anilines is 4. The van der Waals surface area contributed by atoms with Crippen molar-refractivity contribution in [1.29, 1.82) is 0 Å². The van der Waals surface area contributed by atoms with E-state index >= 15 is 0 Å². The predicted octanol–water partition coefficient (Wildman–Crippen LogP) is 0.311. The topological polar surface area (TPSA) is 386 Å². The summed E-state index contributed by atoms with van der Waals surface area (Å²) in [6.45, 7) is 7.06. The number of aryl methyl sites for hydroxylation is 2. The Hall–Kier alpha value is -7.97. The van der Waals surface area contributed by atoms with Gasteiger partial charge in [-0.05, 0) is 58.8 Å². The predicted molar refractivity (Wildman–Crippen MR) is 294 cm³/mol. The molecule has 2 amide bonds. The highest BCUT2D eigenvalue weighted by Crippen LogP contribution is 2.42. The standard InChI is InChI=1S/C51H70N24O7/c1-3-69-19-30(54-24-69)9-12-52-49-63-45(39-47(65-49)72(26-56-39)35-15-37(43(80)41(35)78)74-58-17-33(22-76)67-74)60-28-5-7-29(8-6-28)62-51(82)71-14-11-32(21-71)61-46-40-48(66-50(64-46)53-13-10-31-20-70(4-2)25-55-31)73(27-57-40)36-16-38(44(81)42(36)79)75-59-18-34(23-77)68-75/h17-20,24-29,32,35-38,41-44,76-81H,3-16,21-23H2,1-2H3,(H,62,82)(H2,52,60,63,65)(H2,53,61,64,66)/t28-,29-,32-,35-,36-,37+,38+,41+,42+,43-,44-/m1/s1. The molecule has 8 aromatic rings. The summed E-state index contributed by atoms with van der Waals surface area (Å²) in [6, 6.07) is -2.95. The molecule has 436 valence electrons. The van der Waals surface area contributed by atoms with Crippen molar-refractivity contribution in [3.05, 3.63) is 72.9 Å². The number of hydrogen-bond acceptors (Lipinski definition) is 23. The number of nitrogens with zero attached hydrogens (tertiary/aromatic N) is 19. The zero-order chi connectivity index (χ0) is 56.6. The van der Waals surface area contributed by atoms with Crippen molar-refractivity contribution in [1.82, 2.24) is 98.3 Å². The minimum atomic E-state index is -1.20. The molecule has 1 aliphatic heterocycles. The van der Waals surface area contributed by atoms with Crippen LogP contribution in [0.25, 0.3) is 22.3 Å². The number of carbonyl (C=O) groups excluding carboxylic acids is 1. The van der Waals surface area contributed by atoms with Crippen molar-refractivity contribution in [3.8, 4) is 0 Å². The third kappa shape index (κ3) is 11.1. The normalized spacial score (nSPS) is 25.7. The van der Waals surface area contributed by atoms with Crippen molar-refractivity contribution in [2.24, 2.45) is 0 Å². The van der Waals surface area contributed by atoms with E-state index in [1.807, 2.05) is 32.8 Å². The molecule has 82 heavy (non-hydrogen) atoms. The fourth-order valence-electron chi connectivity index (χ4n) is 11.9. The molecule has 9 heterocycles. The number of nitrogens with one attached hydrogen (secondary N) is 5. The maximum atomic E-state index is 14.0. The quantitative estimate of drug-likeness (QED) is 0.0461. The SMILES string of the molecule is CCn1cnc(CCNc2nc(N[C@@H]3CCN(C(=O)N[C@H]4CC[C@H](Nc5nc(NCCc6cn(CC)cn6)nc6c5ncn6[C@@H]5C[C@H](n6ncc(CO)n6)[C@@H](O)[C@H]5O)CC4)C3)c3ncn([C@@H]4C[C@H](n5ncc(CO)n5)[C@@H](O)[C@H]4O)c3n2)c1. The highest BCUT2D eigenvalue weighted by Gasteiger charge is 2.47. The summed E-state index contributed by atoms with van der Waals surface area (Å²) in [6.07, 6.45) is 14.3. The largest absolute Gasteiger partial charge is 0.390 e. The first-order valence-electron chi connectivity index (χ1n) is 28.3. The van der Waals surface area contributed by atoms with Crippen LogP contribution in [0.3, 0.4) is 0 Å². The number of carbonyl (C=O) groups is 1. The van der Waals surface area contributed by atoms with Crippen LogP contribution < -0.4 is 26.6 Å². The summed E-state index contributed by atoms with van der Waals surface area (Å²) in [5.41, 5.74) is 4.44. The zero-order valence-electron chi connectivity index (χ0n) is 45.6. The lowest BCUT2D eigenvalue weighted by Gasteiger charge is -2.31. The van der Waals surface area contributed by atoms with Crippen molar-refractivity contribution >= 4 is 51.9 Å². The molecule has 4 fully saturated rings. The Bertz CT molecular complexity index is 3470. The Kier molecular flexibility index (Phi) is 15.6. The van der Waals surface area contributed by atoms with Crippen LogP contribution in [0.1, 0.15) is 106 Å². The number of urea groups is 1. The molecule has 8 aromatic heterocycles. The molecule has 31 nitrogen and oxygen atoms in total. The zero-order valence-corrected chi connectivity index (χ0v) is 45.6. The van der Waals surface area contributed by atoms with Gasteiger partial charge in [0.05, 0.1) is 74.4 Å². The molecular formula is C51H70N24O7. The molecule has 0 spiro atoms. The molecule has 31 heteroatoms. The molecule has 3 aliphatic carbocycles. The van der Waals surface area contributed by atoms with Gasteiger partial charge in [0.2, 0.25) is 11.9 Å². The monoisotopic (exact) mass is 1130 g/mol. The molecule has 3 saturated carbocycles. The minimum Gasteiger partial charge on any atom is -0.390 e. The fourth-order valence-corrected chi connectivity index (χ4v) is 11.9. The van der Waals surface area contributed by atoms with Gasteiger partial charge in [0.25, 0.3) is 0 Å². The van der Waals surface area contributed by atoms with Crippen molar-refractivity contribution < 1.29 is 35.4 Å². The Morgan fingerprint density at radius 3 is 1.51 bits per heavy atom. The lowest BCUT2D eigenvalue weighted by atomic mass is 9.91. The summed E-state index contributed by atoms with van der Waals surface area (Å²) in [4.78, 5) is 56.5. The number of fused-ring (bicyclic) bond motifs is 2. The van der Waals surface area contributed by atoms with E-state index in [2.05, 4.69) is 70.8 Å². The maximum absolute atomic E-state index is 14.0. The fraction of sp³-hybridized carbons (Fsp3) is 0.588. The van der Waals surface area contributed by atoms with E-state index in [4.69, 9.17) is 29.9 Å². The van der Waals surface area contributed by atoms with E-state index < -0.39 is 48.6 Å². The van der Waals surface area contributed by atoms with Gasteiger partial charge in [-0.25, -0.2) is 24.7 Å². The summed E-state index contributed by atoms with van der Waals surface area (Å²) >= 11 is 0. The van der Waals surface area contributed by atoms with E-state index in [0.717, 1.165) is 50.2 Å². The maximum Gasteiger partial charge on any atom is 0.317 e. The molecule has 0 unspecified atom stereocenters. The molecule has 0 radical (unpaired) electrons. The molecule has 0 aromatic carbocycles.